The topological polar surface area (TPSA) is 68.3 Å². The highest BCUT2D eigenvalue weighted by Gasteiger charge is 2.10. The molecule has 82 valence electrons. The van der Waals surface area contributed by atoms with E-state index < -0.39 is 0 Å². The smallest absolute Gasteiger partial charge is 0.291 e. The van der Waals surface area contributed by atoms with Crippen LogP contribution in [0.3, 0.4) is 0 Å². The molecule has 0 bridgehead atoms. The van der Waals surface area contributed by atoms with Crippen molar-refractivity contribution in [1.29, 1.82) is 0 Å². The van der Waals surface area contributed by atoms with Gasteiger partial charge in [0.25, 0.3) is 5.91 Å². The Kier molecular flexibility index (Phi) is 2.96. The maximum Gasteiger partial charge on any atom is 0.291 e. The van der Waals surface area contributed by atoms with Crippen molar-refractivity contribution >= 4 is 33.2 Å². The van der Waals surface area contributed by atoms with Crippen LogP contribution in [0.15, 0.2) is 45.5 Å². The molecule has 0 saturated carbocycles. The van der Waals surface area contributed by atoms with Gasteiger partial charge in [-0.25, -0.2) is 0 Å². The summed E-state index contributed by atoms with van der Waals surface area (Å²) in [5.41, 5.74) is 6.86. The van der Waals surface area contributed by atoms with Crippen molar-refractivity contribution in [2.24, 2.45) is 0 Å². The molecule has 0 aliphatic carbocycles. The first-order valence-electron chi connectivity index (χ1n) is 4.57. The van der Waals surface area contributed by atoms with Crippen LogP contribution >= 0.6 is 15.9 Å². The van der Waals surface area contributed by atoms with Crippen molar-refractivity contribution in [3.05, 3.63) is 46.8 Å². The highest BCUT2D eigenvalue weighted by molar-refractivity contribution is 9.10. The lowest BCUT2D eigenvalue weighted by atomic mass is 10.3. The zero-order valence-electron chi connectivity index (χ0n) is 8.24. The lowest BCUT2D eigenvalue weighted by Gasteiger charge is -2.02. The molecule has 0 atom stereocenters. The molecular weight excluding hydrogens is 272 g/mol. The third-order valence-corrected chi connectivity index (χ3v) is 2.39. The van der Waals surface area contributed by atoms with Gasteiger partial charge in [0, 0.05) is 11.4 Å². The normalized spacial score (nSPS) is 10.1. The molecule has 2 rings (SSSR count). The van der Waals surface area contributed by atoms with E-state index in [1.807, 2.05) is 0 Å². The average Bonchev–Trinajstić information content (AvgIpc) is 2.68. The molecule has 0 saturated heterocycles. The van der Waals surface area contributed by atoms with E-state index in [0.29, 0.717) is 16.0 Å². The number of hydrogen-bond donors (Lipinski definition) is 2. The Bertz CT molecular complexity index is 505. The Morgan fingerprint density at radius 1 is 1.19 bits per heavy atom. The fourth-order valence-corrected chi connectivity index (χ4v) is 1.50. The number of nitrogens with two attached hydrogens (primary N) is 1. The quantitative estimate of drug-likeness (QED) is 0.832. The molecule has 16 heavy (non-hydrogen) atoms. The van der Waals surface area contributed by atoms with Gasteiger partial charge in [-0.15, -0.1) is 0 Å². The van der Waals surface area contributed by atoms with Gasteiger partial charge >= 0.3 is 0 Å². The second kappa shape index (κ2) is 4.40. The maximum atomic E-state index is 11.7. The third kappa shape index (κ3) is 2.43. The van der Waals surface area contributed by atoms with Gasteiger partial charge in [0.2, 0.25) is 0 Å². The lowest BCUT2D eigenvalue weighted by molar-refractivity contribution is 0.0995. The van der Waals surface area contributed by atoms with Crippen LogP contribution in [0.5, 0.6) is 0 Å². The first-order valence-corrected chi connectivity index (χ1v) is 5.37. The highest BCUT2D eigenvalue weighted by atomic mass is 79.9. The Balaban J connectivity index is 2.10. The molecule has 1 aromatic carbocycles. The largest absolute Gasteiger partial charge is 0.444 e. The van der Waals surface area contributed by atoms with Gasteiger partial charge in [-0.2, -0.15) is 0 Å². The van der Waals surface area contributed by atoms with Crippen molar-refractivity contribution in [1.82, 2.24) is 0 Å². The number of amides is 1. The van der Waals surface area contributed by atoms with E-state index in [1.54, 1.807) is 36.4 Å². The molecule has 3 N–H and O–H groups in total. The summed E-state index contributed by atoms with van der Waals surface area (Å²) >= 11 is 3.13. The number of rotatable bonds is 2. The van der Waals surface area contributed by atoms with Crippen LogP contribution in [0.2, 0.25) is 0 Å². The number of nitrogens with one attached hydrogen (secondary N) is 1. The average molecular weight is 281 g/mol. The molecule has 5 heteroatoms. The Morgan fingerprint density at radius 2 is 1.88 bits per heavy atom. The van der Waals surface area contributed by atoms with Gasteiger partial charge in [-0.3, -0.25) is 4.79 Å². The molecule has 0 fully saturated rings. The minimum Gasteiger partial charge on any atom is -0.444 e. The second-order valence-electron chi connectivity index (χ2n) is 3.18. The fourth-order valence-electron chi connectivity index (χ4n) is 1.20. The van der Waals surface area contributed by atoms with E-state index in [4.69, 9.17) is 10.2 Å². The lowest BCUT2D eigenvalue weighted by Crippen LogP contribution is -2.10. The number of furan rings is 1. The summed E-state index contributed by atoms with van der Waals surface area (Å²) in [4.78, 5) is 11.7. The minimum absolute atomic E-state index is 0.253. The van der Waals surface area contributed by atoms with Gasteiger partial charge in [-0.05, 0) is 52.3 Å². The number of halogens is 1. The zero-order chi connectivity index (χ0) is 11.5. The van der Waals surface area contributed by atoms with Crippen LogP contribution < -0.4 is 11.1 Å². The van der Waals surface area contributed by atoms with Crippen LogP contribution in [-0.4, -0.2) is 5.91 Å². The highest BCUT2D eigenvalue weighted by Crippen LogP contribution is 2.16. The van der Waals surface area contributed by atoms with Crippen molar-refractivity contribution in [2.75, 3.05) is 11.1 Å². The Hall–Kier alpha value is -1.75. The summed E-state index contributed by atoms with van der Waals surface area (Å²) in [6.45, 7) is 0. The van der Waals surface area contributed by atoms with E-state index in [9.17, 15) is 4.79 Å². The SMILES string of the molecule is Nc1ccc(NC(=O)c2ccc(Br)o2)cc1. The van der Waals surface area contributed by atoms with Gasteiger partial charge < -0.3 is 15.5 Å². The predicted octanol–water partition coefficient (Wildman–Crippen LogP) is 2.88. The molecule has 1 aromatic heterocycles. The van der Waals surface area contributed by atoms with Crippen LogP contribution in [0.1, 0.15) is 10.6 Å². The van der Waals surface area contributed by atoms with E-state index in [2.05, 4.69) is 21.2 Å². The van der Waals surface area contributed by atoms with Crippen LogP contribution in [0.25, 0.3) is 0 Å². The minimum atomic E-state index is -0.296. The second-order valence-corrected chi connectivity index (χ2v) is 3.96. The van der Waals surface area contributed by atoms with Gasteiger partial charge in [0.05, 0.1) is 0 Å². The van der Waals surface area contributed by atoms with Crippen molar-refractivity contribution in [3.63, 3.8) is 0 Å². The van der Waals surface area contributed by atoms with Crippen LogP contribution in [0.4, 0.5) is 11.4 Å². The number of nitrogen functional groups attached to an aromatic ring is 1. The first kappa shape index (κ1) is 10.8. The Morgan fingerprint density at radius 3 is 2.44 bits per heavy atom. The molecule has 2 aromatic rings. The maximum absolute atomic E-state index is 11.7. The van der Waals surface area contributed by atoms with Crippen molar-refractivity contribution in [2.45, 2.75) is 0 Å². The standard InChI is InChI=1S/C11H9BrN2O2/c12-10-6-5-9(16-10)11(15)14-8-3-1-7(13)2-4-8/h1-6H,13H2,(H,14,15). The number of carbonyl (C=O) groups is 1. The zero-order valence-corrected chi connectivity index (χ0v) is 9.82. The third-order valence-electron chi connectivity index (χ3n) is 1.97. The van der Waals surface area contributed by atoms with E-state index in [-0.39, 0.29) is 11.7 Å². The molecular formula is C11H9BrN2O2. The van der Waals surface area contributed by atoms with E-state index in [1.165, 1.54) is 0 Å². The van der Waals surface area contributed by atoms with Gasteiger partial charge in [0.1, 0.15) is 0 Å². The van der Waals surface area contributed by atoms with E-state index >= 15 is 0 Å². The molecule has 0 aliphatic heterocycles. The number of anilines is 2. The molecule has 0 spiro atoms. The summed E-state index contributed by atoms with van der Waals surface area (Å²) in [5.74, 6) is -0.0424. The molecule has 0 unspecified atom stereocenters. The molecule has 1 heterocycles. The molecule has 1 amide bonds. The van der Waals surface area contributed by atoms with Crippen molar-refractivity contribution in [3.8, 4) is 0 Å². The molecule has 4 nitrogen and oxygen atoms in total. The Labute approximate surface area is 101 Å². The van der Waals surface area contributed by atoms with Crippen LogP contribution in [-0.2, 0) is 0 Å². The summed E-state index contributed by atoms with van der Waals surface area (Å²) < 4.78 is 5.64. The first-order chi connectivity index (χ1) is 7.65. The molecule has 0 aliphatic rings. The van der Waals surface area contributed by atoms with Gasteiger partial charge in [-0.1, -0.05) is 0 Å². The molecule has 0 radical (unpaired) electrons. The summed E-state index contributed by atoms with van der Waals surface area (Å²) in [6, 6.07) is 10.1. The summed E-state index contributed by atoms with van der Waals surface area (Å²) in [6.07, 6.45) is 0. The fraction of sp³-hybridized carbons (Fsp3) is 0. The van der Waals surface area contributed by atoms with Crippen LogP contribution in [0, 0.1) is 0 Å². The summed E-state index contributed by atoms with van der Waals surface area (Å²) in [7, 11) is 0. The van der Waals surface area contributed by atoms with Crippen molar-refractivity contribution < 1.29 is 9.21 Å². The van der Waals surface area contributed by atoms with E-state index in [0.717, 1.165) is 0 Å². The predicted molar refractivity (Wildman–Crippen MR) is 65.2 cm³/mol. The number of carbonyl (C=O) groups excluding carboxylic acids is 1. The number of hydrogen-bond acceptors (Lipinski definition) is 3. The summed E-state index contributed by atoms with van der Waals surface area (Å²) in [5, 5.41) is 2.69. The monoisotopic (exact) mass is 280 g/mol. The number of benzene rings is 1. The van der Waals surface area contributed by atoms with Gasteiger partial charge in [0.15, 0.2) is 10.4 Å².